The number of carbonyl (C=O) groups excluding carboxylic acids is 1. The van der Waals surface area contributed by atoms with Crippen molar-refractivity contribution in [1.82, 2.24) is 0 Å². The Kier molecular flexibility index (Phi) is 5.49. The first-order valence-corrected chi connectivity index (χ1v) is 9.53. The number of carbonyl (C=O) groups is 1. The van der Waals surface area contributed by atoms with Gasteiger partial charge in [-0.15, -0.1) is 0 Å². The summed E-state index contributed by atoms with van der Waals surface area (Å²) < 4.78 is 29.9. The van der Waals surface area contributed by atoms with Crippen molar-refractivity contribution in [3.05, 3.63) is 101 Å². The molecule has 1 heterocycles. The third-order valence-electron chi connectivity index (χ3n) is 5.05. The number of esters is 1. The molecule has 3 N–H and O–H groups in total. The quantitative estimate of drug-likeness (QED) is 0.606. The minimum absolute atomic E-state index is 0.0173. The Morgan fingerprint density at radius 3 is 2.58 bits per heavy atom. The van der Waals surface area contributed by atoms with E-state index in [4.69, 9.17) is 19.9 Å². The number of fused-ring (bicyclic) bond motifs is 1. The molecular weight excluding hydrogens is 401 g/mol. The van der Waals surface area contributed by atoms with Gasteiger partial charge in [0.15, 0.2) is 0 Å². The summed E-state index contributed by atoms with van der Waals surface area (Å²) in [6.45, 7) is 0.0889. The maximum atomic E-state index is 13.8. The fourth-order valence-electron chi connectivity index (χ4n) is 3.53. The van der Waals surface area contributed by atoms with Crippen LogP contribution in [-0.4, -0.2) is 18.2 Å². The molecule has 4 rings (SSSR count). The number of hydrogen-bond acceptors (Lipinski definition) is 6. The predicted octanol–water partition coefficient (Wildman–Crippen LogP) is 3.98. The third-order valence-corrected chi connectivity index (χ3v) is 5.05. The standard InChI is InChI=1S/C24H20FNO5/c1-29-24(28)22-21(18-11-8-16(27)12-20(18)31-23(22)26)14-6-9-17(10-7-14)30-13-15-4-2-3-5-19(15)25/h2-12,21,27H,13,26H2,1H3. The van der Waals surface area contributed by atoms with Gasteiger partial charge in [0.05, 0.1) is 13.0 Å². The van der Waals surface area contributed by atoms with Crippen LogP contribution in [0.4, 0.5) is 4.39 Å². The molecule has 158 valence electrons. The molecule has 7 heteroatoms. The zero-order valence-electron chi connectivity index (χ0n) is 16.7. The number of rotatable bonds is 5. The van der Waals surface area contributed by atoms with E-state index in [2.05, 4.69) is 0 Å². The van der Waals surface area contributed by atoms with Crippen LogP contribution in [0, 0.1) is 5.82 Å². The van der Waals surface area contributed by atoms with Crippen LogP contribution >= 0.6 is 0 Å². The van der Waals surface area contributed by atoms with Crippen molar-refractivity contribution < 1.29 is 28.5 Å². The number of methoxy groups -OCH3 is 1. The van der Waals surface area contributed by atoms with Gasteiger partial charge in [0, 0.05) is 17.2 Å². The average molecular weight is 421 g/mol. The van der Waals surface area contributed by atoms with Crippen molar-refractivity contribution in [2.24, 2.45) is 5.73 Å². The van der Waals surface area contributed by atoms with Crippen LogP contribution in [0.1, 0.15) is 22.6 Å². The summed E-state index contributed by atoms with van der Waals surface area (Å²) in [5.74, 6) is -0.668. The molecule has 31 heavy (non-hydrogen) atoms. The van der Waals surface area contributed by atoms with Crippen LogP contribution in [0.15, 0.2) is 78.2 Å². The third kappa shape index (κ3) is 4.02. The highest BCUT2D eigenvalue weighted by molar-refractivity contribution is 5.92. The number of halogens is 1. The second-order valence-electron chi connectivity index (χ2n) is 6.98. The summed E-state index contributed by atoms with van der Waals surface area (Å²) >= 11 is 0. The predicted molar refractivity (Wildman–Crippen MR) is 111 cm³/mol. The summed E-state index contributed by atoms with van der Waals surface area (Å²) in [7, 11) is 1.27. The van der Waals surface area contributed by atoms with Crippen LogP contribution in [0.5, 0.6) is 17.2 Å². The number of ether oxygens (including phenoxy) is 3. The lowest BCUT2D eigenvalue weighted by atomic mass is 9.83. The zero-order valence-corrected chi connectivity index (χ0v) is 16.7. The van der Waals surface area contributed by atoms with Crippen LogP contribution in [0.2, 0.25) is 0 Å². The summed E-state index contributed by atoms with van der Waals surface area (Å²) in [6.07, 6.45) is 0. The van der Waals surface area contributed by atoms with Crippen molar-refractivity contribution in [2.45, 2.75) is 12.5 Å². The van der Waals surface area contributed by atoms with Gasteiger partial charge in [-0.1, -0.05) is 36.4 Å². The van der Waals surface area contributed by atoms with E-state index in [0.29, 0.717) is 22.6 Å². The van der Waals surface area contributed by atoms with Crippen LogP contribution in [0.3, 0.4) is 0 Å². The average Bonchev–Trinajstić information content (AvgIpc) is 2.77. The van der Waals surface area contributed by atoms with Gasteiger partial charge in [-0.05, 0) is 29.8 Å². The lowest BCUT2D eigenvalue weighted by molar-refractivity contribution is -0.136. The maximum absolute atomic E-state index is 13.8. The van der Waals surface area contributed by atoms with E-state index in [1.807, 2.05) is 0 Å². The van der Waals surface area contributed by atoms with Crippen molar-refractivity contribution >= 4 is 5.97 Å². The fourth-order valence-corrected chi connectivity index (χ4v) is 3.53. The molecule has 0 aromatic heterocycles. The Morgan fingerprint density at radius 2 is 1.87 bits per heavy atom. The van der Waals surface area contributed by atoms with Crippen molar-refractivity contribution in [1.29, 1.82) is 0 Å². The van der Waals surface area contributed by atoms with Gasteiger partial charge in [0.25, 0.3) is 0 Å². The largest absolute Gasteiger partial charge is 0.508 e. The number of nitrogens with two attached hydrogens (primary N) is 1. The van der Waals surface area contributed by atoms with Crippen molar-refractivity contribution in [3.8, 4) is 17.2 Å². The minimum atomic E-state index is -0.610. The Labute approximate surface area is 178 Å². The van der Waals surface area contributed by atoms with E-state index in [1.165, 1.54) is 25.3 Å². The molecule has 0 radical (unpaired) electrons. The van der Waals surface area contributed by atoms with E-state index in [0.717, 1.165) is 5.56 Å². The Bertz CT molecular complexity index is 1160. The Morgan fingerprint density at radius 1 is 1.13 bits per heavy atom. The Balaban J connectivity index is 1.65. The van der Waals surface area contributed by atoms with E-state index >= 15 is 0 Å². The van der Waals surface area contributed by atoms with Crippen molar-refractivity contribution in [3.63, 3.8) is 0 Å². The molecule has 1 unspecified atom stereocenters. The lowest BCUT2D eigenvalue weighted by Gasteiger charge is -2.28. The van der Waals surface area contributed by atoms with E-state index in [-0.39, 0.29) is 29.6 Å². The molecule has 1 aliphatic heterocycles. The molecule has 0 spiro atoms. The van der Waals surface area contributed by atoms with Gasteiger partial charge in [0.2, 0.25) is 5.88 Å². The smallest absolute Gasteiger partial charge is 0.340 e. The monoisotopic (exact) mass is 421 g/mol. The minimum Gasteiger partial charge on any atom is -0.508 e. The van der Waals surface area contributed by atoms with Crippen LogP contribution in [0.25, 0.3) is 0 Å². The second-order valence-corrected chi connectivity index (χ2v) is 6.98. The van der Waals surface area contributed by atoms with Gasteiger partial charge in [-0.25, -0.2) is 9.18 Å². The van der Waals surface area contributed by atoms with Crippen LogP contribution < -0.4 is 15.2 Å². The van der Waals surface area contributed by atoms with Gasteiger partial charge in [0.1, 0.15) is 35.2 Å². The first-order chi connectivity index (χ1) is 15.0. The SMILES string of the molecule is COC(=O)C1=C(N)Oc2cc(O)ccc2C1c1ccc(OCc2ccccc2F)cc1. The van der Waals surface area contributed by atoms with Gasteiger partial charge in [-0.3, -0.25) is 0 Å². The lowest BCUT2D eigenvalue weighted by Crippen LogP contribution is -2.26. The molecular formula is C24H20FNO5. The topological polar surface area (TPSA) is 91.0 Å². The van der Waals surface area contributed by atoms with Gasteiger partial charge < -0.3 is 25.1 Å². The molecule has 0 fully saturated rings. The second kappa shape index (κ2) is 8.39. The molecule has 0 aliphatic carbocycles. The molecule has 1 atom stereocenters. The van der Waals surface area contributed by atoms with Crippen LogP contribution in [-0.2, 0) is 16.1 Å². The van der Waals surface area contributed by atoms with Gasteiger partial charge in [-0.2, -0.15) is 0 Å². The van der Waals surface area contributed by atoms with Gasteiger partial charge >= 0.3 is 5.97 Å². The fraction of sp³-hybridized carbons (Fsp3) is 0.125. The molecule has 1 aliphatic rings. The maximum Gasteiger partial charge on any atom is 0.340 e. The summed E-state index contributed by atoms with van der Waals surface area (Å²) in [6, 6.07) is 18.1. The molecule has 0 saturated heterocycles. The molecule has 0 bridgehead atoms. The highest BCUT2D eigenvalue weighted by Gasteiger charge is 2.35. The number of phenols is 1. The first-order valence-electron chi connectivity index (χ1n) is 9.53. The molecule has 0 amide bonds. The highest BCUT2D eigenvalue weighted by atomic mass is 19.1. The number of hydrogen-bond donors (Lipinski definition) is 2. The zero-order chi connectivity index (χ0) is 22.0. The number of aromatic hydroxyl groups is 1. The number of phenolic OH excluding ortho intramolecular Hbond substituents is 1. The normalized spacial score (nSPS) is 15.1. The summed E-state index contributed by atoms with van der Waals surface area (Å²) in [4.78, 5) is 12.4. The van der Waals surface area contributed by atoms with E-state index in [1.54, 1.807) is 48.5 Å². The molecule has 3 aromatic rings. The molecule has 0 saturated carbocycles. The van der Waals surface area contributed by atoms with E-state index < -0.39 is 11.9 Å². The molecule has 6 nitrogen and oxygen atoms in total. The first kappa shape index (κ1) is 20.3. The highest BCUT2D eigenvalue weighted by Crippen LogP contribution is 2.44. The Hall–Kier alpha value is -4.00. The molecule has 3 aromatic carbocycles. The van der Waals surface area contributed by atoms with E-state index in [9.17, 15) is 14.3 Å². The summed E-state index contributed by atoms with van der Waals surface area (Å²) in [5, 5.41) is 9.79. The number of benzene rings is 3. The summed E-state index contributed by atoms with van der Waals surface area (Å²) in [5.41, 5.74) is 8.05. The van der Waals surface area contributed by atoms with Crippen molar-refractivity contribution in [2.75, 3.05) is 7.11 Å².